The van der Waals surface area contributed by atoms with Gasteiger partial charge in [-0.1, -0.05) is 0 Å². The second-order valence-electron chi connectivity index (χ2n) is 12.0. The molecule has 0 bridgehead atoms. The summed E-state index contributed by atoms with van der Waals surface area (Å²) in [7, 11) is 15.6. The molecular weight excluding hydrogens is 639 g/mol. The molecule has 2 aliphatic heterocycles. The zero-order valence-corrected chi connectivity index (χ0v) is 28.3. The summed E-state index contributed by atoms with van der Waals surface area (Å²) in [5.41, 5.74) is 7.64. The first-order valence-corrected chi connectivity index (χ1v) is 20.0. The number of quaternary nitrogens is 1. The van der Waals surface area contributed by atoms with E-state index in [1.807, 2.05) is 12.4 Å². The predicted molar refractivity (Wildman–Crippen MR) is 168 cm³/mol. The molecule has 0 saturated heterocycles. The van der Waals surface area contributed by atoms with Crippen LogP contribution in [0.5, 0.6) is 0 Å². The van der Waals surface area contributed by atoms with Gasteiger partial charge in [-0.05, 0) is 0 Å². The Balaban J connectivity index is 2.07. The quantitative estimate of drug-likeness (QED) is 0.214. The van der Waals surface area contributed by atoms with Crippen molar-refractivity contribution in [2.45, 2.75) is 95.0 Å². The van der Waals surface area contributed by atoms with Crippen LogP contribution in [0.2, 0.25) is 0 Å². The number of halogens is 3. The molecule has 2 atom stereocenters. The van der Waals surface area contributed by atoms with Gasteiger partial charge in [0, 0.05) is 0 Å². The van der Waals surface area contributed by atoms with E-state index >= 15 is 0 Å². The van der Waals surface area contributed by atoms with Crippen LogP contribution >= 0.6 is 30.7 Å². The molecule has 0 amide bonds. The van der Waals surface area contributed by atoms with Crippen LogP contribution in [0.4, 0.5) is 5.69 Å². The van der Waals surface area contributed by atoms with Gasteiger partial charge in [-0.3, -0.25) is 0 Å². The fourth-order valence-electron chi connectivity index (χ4n) is 5.99. The molecule has 0 fully saturated rings. The summed E-state index contributed by atoms with van der Waals surface area (Å²) in [6.45, 7) is 18.7. The van der Waals surface area contributed by atoms with E-state index in [9.17, 15) is 0 Å². The summed E-state index contributed by atoms with van der Waals surface area (Å²) in [6, 6.07) is 13.4. The number of benzene rings is 2. The van der Waals surface area contributed by atoms with E-state index in [1.54, 1.807) is 0 Å². The minimum absolute atomic E-state index is 0.258. The van der Waals surface area contributed by atoms with E-state index in [1.165, 1.54) is 33.5 Å². The molecule has 218 valence electrons. The van der Waals surface area contributed by atoms with E-state index < -0.39 is 18.6 Å². The first-order valence-electron chi connectivity index (χ1n) is 14.0. The average Bonchev–Trinajstić information content (AvgIpc) is 3.43. The van der Waals surface area contributed by atoms with Gasteiger partial charge in [0.2, 0.25) is 0 Å². The van der Waals surface area contributed by atoms with Crippen molar-refractivity contribution in [2.24, 2.45) is 0 Å². The third kappa shape index (κ3) is 5.48. The van der Waals surface area contributed by atoms with Gasteiger partial charge < -0.3 is 0 Å². The van der Waals surface area contributed by atoms with Crippen molar-refractivity contribution in [3.63, 3.8) is 0 Å². The van der Waals surface area contributed by atoms with Crippen LogP contribution in [-0.2, 0) is 18.6 Å². The van der Waals surface area contributed by atoms with Gasteiger partial charge in [0.15, 0.2) is 0 Å². The number of alkyl halides is 1. The maximum atomic E-state index is 7.99. The summed E-state index contributed by atoms with van der Waals surface area (Å²) in [6.07, 6.45) is 9.06. The molecule has 2 heterocycles. The third-order valence-corrected chi connectivity index (χ3v) is 16.3. The van der Waals surface area contributed by atoms with Crippen LogP contribution in [0.15, 0.2) is 61.1 Å². The van der Waals surface area contributed by atoms with Gasteiger partial charge in [0.25, 0.3) is 0 Å². The molecule has 3 nitrogen and oxygen atoms in total. The number of hydrogen-bond donors (Lipinski definition) is 2. The third-order valence-electron chi connectivity index (χ3n) is 7.87. The molecule has 2 aromatic carbocycles. The maximum absolute atomic E-state index is 7.99. The van der Waals surface area contributed by atoms with Crippen molar-refractivity contribution >= 4 is 36.3 Å². The van der Waals surface area contributed by atoms with E-state index in [0.717, 1.165) is 6.42 Å². The molecule has 0 spiro atoms. The Hall–Kier alpha value is -0.988. The fourth-order valence-corrected chi connectivity index (χ4v) is 12.8. The van der Waals surface area contributed by atoms with Crippen molar-refractivity contribution in [2.75, 3.05) is 6.54 Å². The van der Waals surface area contributed by atoms with Crippen molar-refractivity contribution < 1.29 is 13.7 Å². The van der Waals surface area contributed by atoms with Gasteiger partial charge in [0.05, 0.1) is 0 Å². The van der Waals surface area contributed by atoms with E-state index in [2.05, 4.69) is 115 Å². The zero-order chi connectivity index (χ0) is 28.8. The SMILES string of the molecule is CC(C)c1cccc(C(C)C)c1C1(Cl)CC=C[N+](c2c(C(C)C)cccc2C(C)C)([Pd]([Cl])([Cl])[CH]2NC=CN2)C1. The molecule has 7 heteroatoms. The number of nitrogens with zero attached hydrogens (tertiary/aromatic N) is 1. The Morgan fingerprint density at radius 3 is 1.64 bits per heavy atom. The van der Waals surface area contributed by atoms with Crippen molar-refractivity contribution in [3.8, 4) is 0 Å². The van der Waals surface area contributed by atoms with Gasteiger partial charge in [0.1, 0.15) is 0 Å². The molecule has 39 heavy (non-hydrogen) atoms. The first-order chi connectivity index (χ1) is 18.3. The minimum atomic E-state index is -3.46. The molecule has 2 aliphatic rings. The summed E-state index contributed by atoms with van der Waals surface area (Å²) in [4.78, 5) is -0.676. The predicted octanol–water partition coefficient (Wildman–Crippen LogP) is 9.86. The number of nitrogens with one attached hydrogen (secondary N) is 2. The summed E-state index contributed by atoms with van der Waals surface area (Å²) in [5, 5.41) is 6.86. The Morgan fingerprint density at radius 2 is 1.21 bits per heavy atom. The normalized spacial score (nSPS) is 24.2. The van der Waals surface area contributed by atoms with E-state index in [0.29, 0.717) is 33.3 Å². The molecule has 2 N–H and O–H groups in total. The van der Waals surface area contributed by atoms with Crippen LogP contribution in [0.25, 0.3) is 0 Å². The molecular formula is C32H45Cl3N3Pd+. The van der Waals surface area contributed by atoms with Gasteiger partial charge >= 0.3 is 254 Å². The van der Waals surface area contributed by atoms with Crippen LogP contribution < -0.4 is 13.8 Å². The van der Waals surface area contributed by atoms with Crippen molar-refractivity contribution in [1.29, 1.82) is 0 Å². The van der Waals surface area contributed by atoms with E-state index in [-0.39, 0.29) is 4.64 Å². The molecule has 2 unspecified atom stereocenters. The fraction of sp³-hybridized carbons (Fsp3) is 0.500. The zero-order valence-electron chi connectivity index (χ0n) is 24.5. The van der Waals surface area contributed by atoms with Crippen LogP contribution in [0.3, 0.4) is 0 Å². The monoisotopic (exact) mass is 682 g/mol. The molecule has 0 aromatic heterocycles. The van der Waals surface area contributed by atoms with Crippen LogP contribution in [-0.4, -0.2) is 11.2 Å². The number of para-hydroxylation sites is 1. The Kier molecular flexibility index (Phi) is 9.30. The summed E-state index contributed by atoms with van der Waals surface area (Å²) < 4.78 is 0.0984. The van der Waals surface area contributed by atoms with Gasteiger partial charge in [-0.25, -0.2) is 0 Å². The number of allylic oxidation sites excluding steroid dienone is 1. The Bertz CT molecular complexity index is 1190. The molecule has 2 aromatic rings. The molecule has 4 rings (SSSR count). The van der Waals surface area contributed by atoms with Gasteiger partial charge in [-0.2, -0.15) is 0 Å². The first kappa shape index (κ1) is 31.0. The second-order valence-corrected chi connectivity index (χ2v) is 21.7. The number of rotatable bonds is 8. The summed E-state index contributed by atoms with van der Waals surface area (Å²) >= 11 is 4.53. The molecule has 0 aliphatic carbocycles. The van der Waals surface area contributed by atoms with E-state index in [4.69, 9.17) is 30.7 Å². The number of hydrogen-bond acceptors (Lipinski definition) is 2. The Labute approximate surface area is 252 Å². The topological polar surface area (TPSA) is 24.1 Å². The Morgan fingerprint density at radius 1 is 0.769 bits per heavy atom. The molecule has 0 saturated carbocycles. The van der Waals surface area contributed by atoms with Gasteiger partial charge in [-0.15, -0.1) is 0 Å². The van der Waals surface area contributed by atoms with Crippen LogP contribution in [0, 0.1) is 0 Å². The van der Waals surface area contributed by atoms with Crippen molar-refractivity contribution in [1.82, 2.24) is 13.8 Å². The second kappa shape index (κ2) is 11.7. The molecule has 0 radical (unpaired) electrons. The average molecular weight is 685 g/mol. The van der Waals surface area contributed by atoms with Crippen molar-refractivity contribution in [3.05, 3.63) is 88.9 Å². The standard InChI is InChI=1S/C29H40ClN.C3H5N2.2ClH.Pd/c1-19(2)23-12-9-13-24(20(3)4)27(23)29(30)16-11-17-31(18-29)28-25(21(5)6)14-10-15-26(28)22(7)8;1-2-5-3-4-1;;;/h9-15,17,19-22H,16,18H2,1-8H3;1-5H;2*1H;/q;;;;+3/p-2. The van der Waals surface area contributed by atoms with Crippen LogP contribution in [0.1, 0.15) is 113 Å². The summed E-state index contributed by atoms with van der Waals surface area (Å²) in [5.74, 6) is 1.28.